The van der Waals surface area contributed by atoms with Crippen LogP contribution in [-0.4, -0.2) is 28.5 Å². The van der Waals surface area contributed by atoms with Crippen molar-refractivity contribution >= 4 is 34.0 Å². The van der Waals surface area contributed by atoms with E-state index in [1.165, 1.54) is 11.3 Å². The van der Waals surface area contributed by atoms with E-state index in [-0.39, 0.29) is 11.8 Å². The van der Waals surface area contributed by atoms with Crippen molar-refractivity contribution < 1.29 is 14.7 Å². The molecular weight excluding hydrogens is 326 g/mol. The smallest absolute Gasteiger partial charge is 0.250 e. The fourth-order valence-corrected chi connectivity index (χ4v) is 2.85. The Kier molecular flexibility index (Phi) is 6.05. The first-order chi connectivity index (χ1) is 11.4. The van der Waals surface area contributed by atoms with Crippen LogP contribution in [0.1, 0.15) is 43.0 Å². The van der Waals surface area contributed by atoms with Crippen LogP contribution >= 0.6 is 11.3 Å². The number of amides is 2. The lowest BCUT2D eigenvalue weighted by molar-refractivity contribution is -0.119. The number of hydrogen-bond donors (Lipinski definition) is 3. The highest BCUT2D eigenvalue weighted by Gasteiger charge is 2.17. The maximum atomic E-state index is 12.4. The molecule has 0 fully saturated rings. The number of aliphatic hydroxyl groups is 1. The first-order valence-electron chi connectivity index (χ1n) is 7.68. The van der Waals surface area contributed by atoms with Gasteiger partial charge in [-0.05, 0) is 30.5 Å². The van der Waals surface area contributed by atoms with Gasteiger partial charge in [-0.2, -0.15) is 0 Å². The van der Waals surface area contributed by atoms with E-state index in [9.17, 15) is 9.59 Å². The highest BCUT2D eigenvalue weighted by molar-refractivity contribution is 7.15. The Hall–Kier alpha value is -2.25. The Bertz CT molecular complexity index is 710. The molecule has 1 aromatic heterocycles. The number of anilines is 2. The van der Waals surface area contributed by atoms with Crippen LogP contribution in [0.4, 0.5) is 10.8 Å². The first-order valence-corrected chi connectivity index (χ1v) is 8.49. The van der Waals surface area contributed by atoms with Crippen molar-refractivity contribution in [3.8, 4) is 0 Å². The van der Waals surface area contributed by atoms with Gasteiger partial charge >= 0.3 is 0 Å². The van der Waals surface area contributed by atoms with Gasteiger partial charge in [-0.15, -0.1) is 11.3 Å². The fraction of sp³-hybridized carbons (Fsp3) is 0.353. The van der Waals surface area contributed by atoms with E-state index < -0.39 is 12.5 Å². The van der Waals surface area contributed by atoms with Crippen molar-refractivity contribution in [3.63, 3.8) is 0 Å². The van der Waals surface area contributed by atoms with Gasteiger partial charge in [0.1, 0.15) is 6.61 Å². The molecule has 2 rings (SSSR count). The second-order valence-corrected chi connectivity index (χ2v) is 6.82. The molecule has 0 saturated carbocycles. The summed E-state index contributed by atoms with van der Waals surface area (Å²) in [4.78, 5) is 28.8. The Morgan fingerprint density at radius 2 is 1.83 bits per heavy atom. The lowest BCUT2D eigenvalue weighted by atomic mass is 10.0. The average molecular weight is 347 g/mol. The number of carbonyl (C=O) groups is 2. The third kappa shape index (κ3) is 4.62. The molecule has 1 aromatic carbocycles. The number of aliphatic hydroxyl groups excluding tert-OH is 1. The predicted octanol–water partition coefficient (Wildman–Crippen LogP) is 2.94. The van der Waals surface area contributed by atoms with Crippen molar-refractivity contribution in [2.24, 2.45) is 0 Å². The first kappa shape index (κ1) is 18.1. The van der Waals surface area contributed by atoms with Crippen molar-refractivity contribution in [1.82, 2.24) is 4.98 Å². The molecule has 1 atom stereocenters. The maximum Gasteiger partial charge on any atom is 0.250 e. The summed E-state index contributed by atoms with van der Waals surface area (Å²) < 4.78 is 0. The van der Waals surface area contributed by atoms with Gasteiger partial charge in [0, 0.05) is 16.8 Å². The summed E-state index contributed by atoms with van der Waals surface area (Å²) >= 11 is 1.48. The van der Waals surface area contributed by atoms with Gasteiger partial charge in [-0.25, -0.2) is 4.98 Å². The van der Waals surface area contributed by atoms with Crippen LogP contribution in [0.2, 0.25) is 0 Å². The van der Waals surface area contributed by atoms with Gasteiger partial charge in [0.25, 0.3) is 0 Å². The molecule has 1 heterocycles. The summed E-state index contributed by atoms with van der Waals surface area (Å²) in [5.41, 5.74) is 1.40. The lowest BCUT2D eigenvalue weighted by Crippen LogP contribution is -2.19. The molecule has 0 saturated heterocycles. The number of aromatic nitrogens is 1. The van der Waals surface area contributed by atoms with Crippen LogP contribution in [0.5, 0.6) is 0 Å². The van der Waals surface area contributed by atoms with Gasteiger partial charge < -0.3 is 15.7 Å². The van der Waals surface area contributed by atoms with E-state index in [1.807, 2.05) is 6.92 Å². The number of rotatable bonds is 6. The second kappa shape index (κ2) is 8.03. The molecule has 0 aliphatic rings. The minimum absolute atomic E-state index is 0.133. The predicted molar refractivity (Wildman–Crippen MR) is 95.4 cm³/mol. The van der Waals surface area contributed by atoms with Crippen LogP contribution in [-0.2, 0) is 9.59 Å². The molecule has 0 unspecified atom stereocenters. The molecule has 0 radical (unpaired) electrons. The van der Waals surface area contributed by atoms with Crippen LogP contribution in [0, 0.1) is 0 Å². The van der Waals surface area contributed by atoms with E-state index >= 15 is 0 Å². The Balaban J connectivity index is 2.00. The van der Waals surface area contributed by atoms with Gasteiger partial charge in [-0.1, -0.05) is 26.0 Å². The summed E-state index contributed by atoms with van der Waals surface area (Å²) in [6.45, 7) is 5.41. The Morgan fingerprint density at radius 1 is 1.17 bits per heavy atom. The number of thiazole rings is 1. The fourth-order valence-electron chi connectivity index (χ4n) is 2.03. The molecule has 7 heteroatoms. The molecule has 0 aliphatic heterocycles. The minimum atomic E-state index is -0.563. The standard InChI is InChI=1S/C17H21N3O3S/c1-10(2)14-8-18-17(24-14)20-16(23)11(3)12-4-6-13(7-5-12)19-15(22)9-21/h4-8,10-11,21H,9H2,1-3H3,(H,19,22)(H,18,20,23)/t11-/m1/s1. The van der Waals surface area contributed by atoms with Crippen molar-refractivity contribution in [1.29, 1.82) is 0 Å². The SMILES string of the molecule is CC(C)c1cnc(NC(=O)[C@H](C)c2ccc(NC(=O)CO)cc2)s1. The number of carbonyl (C=O) groups excluding carboxylic acids is 2. The molecule has 2 amide bonds. The zero-order valence-corrected chi connectivity index (χ0v) is 14.7. The minimum Gasteiger partial charge on any atom is -0.387 e. The normalized spacial score (nSPS) is 12.0. The van der Waals surface area contributed by atoms with Gasteiger partial charge in [0.15, 0.2) is 5.13 Å². The summed E-state index contributed by atoms with van der Waals surface area (Å²) in [7, 11) is 0. The number of nitrogens with zero attached hydrogens (tertiary/aromatic N) is 1. The highest BCUT2D eigenvalue weighted by atomic mass is 32.1. The molecule has 6 nitrogen and oxygen atoms in total. The Labute approximate surface area is 144 Å². The lowest BCUT2D eigenvalue weighted by Gasteiger charge is -2.12. The van der Waals surface area contributed by atoms with Gasteiger partial charge in [-0.3, -0.25) is 9.59 Å². The zero-order chi connectivity index (χ0) is 17.7. The number of hydrogen-bond acceptors (Lipinski definition) is 5. The molecule has 2 aromatic rings. The Morgan fingerprint density at radius 3 is 2.38 bits per heavy atom. The molecule has 0 spiro atoms. The summed E-state index contributed by atoms with van der Waals surface area (Å²) in [6.07, 6.45) is 1.79. The van der Waals surface area contributed by atoms with Crippen molar-refractivity contribution in [2.75, 3.05) is 17.2 Å². The largest absolute Gasteiger partial charge is 0.387 e. The van der Waals surface area contributed by atoms with Gasteiger partial charge in [0.2, 0.25) is 11.8 Å². The number of nitrogens with one attached hydrogen (secondary N) is 2. The topological polar surface area (TPSA) is 91.3 Å². The van der Waals surface area contributed by atoms with E-state index in [4.69, 9.17) is 5.11 Å². The van der Waals surface area contributed by atoms with E-state index in [1.54, 1.807) is 30.5 Å². The molecule has 3 N–H and O–H groups in total. The van der Waals surface area contributed by atoms with E-state index in [0.717, 1.165) is 10.4 Å². The van der Waals surface area contributed by atoms with Crippen LogP contribution in [0.15, 0.2) is 30.5 Å². The van der Waals surface area contributed by atoms with Crippen molar-refractivity contribution in [3.05, 3.63) is 40.9 Å². The maximum absolute atomic E-state index is 12.4. The number of benzene rings is 1. The molecule has 0 bridgehead atoms. The third-order valence-corrected chi connectivity index (χ3v) is 4.77. The summed E-state index contributed by atoms with van der Waals surface area (Å²) in [6, 6.07) is 6.96. The quantitative estimate of drug-likeness (QED) is 0.749. The summed E-state index contributed by atoms with van der Waals surface area (Å²) in [5, 5.41) is 14.7. The van der Waals surface area contributed by atoms with Crippen LogP contribution in [0.25, 0.3) is 0 Å². The third-order valence-electron chi connectivity index (χ3n) is 3.55. The zero-order valence-electron chi connectivity index (χ0n) is 13.9. The van der Waals surface area contributed by atoms with E-state index in [0.29, 0.717) is 16.7 Å². The van der Waals surface area contributed by atoms with Crippen LogP contribution < -0.4 is 10.6 Å². The molecule has 128 valence electrons. The van der Waals surface area contributed by atoms with Gasteiger partial charge in [0.05, 0.1) is 5.92 Å². The molecule has 24 heavy (non-hydrogen) atoms. The molecule has 0 aliphatic carbocycles. The second-order valence-electron chi connectivity index (χ2n) is 5.76. The molecular formula is C17H21N3O3S. The average Bonchev–Trinajstić information content (AvgIpc) is 3.03. The van der Waals surface area contributed by atoms with Crippen LogP contribution in [0.3, 0.4) is 0 Å². The van der Waals surface area contributed by atoms with E-state index in [2.05, 4.69) is 29.5 Å². The summed E-state index contributed by atoms with van der Waals surface area (Å²) in [5.74, 6) is -0.573. The monoisotopic (exact) mass is 347 g/mol. The highest BCUT2D eigenvalue weighted by Crippen LogP contribution is 2.26. The van der Waals surface area contributed by atoms with Crippen molar-refractivity contribution in [2.45, 2.75) is 32.6 Å².